The standard InChI is InChI=1S/C14H16N2O5/c1-8-9(4-3-7-12(8)16(20)21)13(17)15-11-6-2-5-10(11)14(18)19/h3-4,7,10-11H,2,5-6H2,1H3,(H,15,17)(H,18,19)/t10-,11+/m0/s1. The lowest BCUT2D eigenvalue weighted by Gasteiger charge is -2.18. The van der Waals surface area contributed by atoms with Crippen LogP contribution in [0.3, 0.4) is 0 Å². The number of benzene rings is 1. The summed E-state index contributed by atoms with van der Waals surface area (Å²) in [4.78, 5) is 33.7. The van der Waals surface area contributed by atoms with Gasteiger partial charge in [-0.15, -0.1) is 0 Å². The maximum atomic E-state index is 12.2. The summed E-state index contributed by atoms with van der Waals surface area (Å²) >= 11 is 0. The van der Waals surface area contributed by atoms with Gasteiger partial charge in [-0.2, -0.15) is 0 Å². The smallest absolute Gasteiger partial charge is 0.308 e. The van der Waals surface area contributed by atoms with Crippen molar-refractivity contribution in [2.75, 3.05) is 0 Å². The van der Waals surface area contributed by atoms with Gasteiger partial charge in [0.1, 0.15) is 0 Å². The van der Waals surface area contributed by atoms with E-state index in [2.05, 4.69) is 5.32 Å². The maximum absolute atomic E-state index is 12.2. The molecular weight excluding hydrogens is 276 g/mol. The Kier molecular flexibility index (Phi) is 4.21. The van der Waals surface area contributed by atoms with Crippen molar-refractivity contribution in [1.82, 2.24) is 5.32 Å². The maximum Gasteiger partial charge on any atom is 0.308 e. The molecule has 0 unspecified atom stereocenters. The van der Waals surface area contributed by atoms with Crippen molar-refractivity contribution in [3.8, 4) is 0 Å². The van der Waals surface area contributed by atoms with Crippen molar-refractivity contribution in [2.45, 2.75) is 32.2 Å². The van der Waals surface area contributed by atoms with Crippen LogP contribution < -0.4 is 5.32 Å². The Morgan fingerprint density at radius 3 is 2.71 bits per heavy atom. The Morgan fingerprint density at radius 2 is 2.10 bits per heavy atom. The Morgan fingerprint density at radius 1 is 1.38 bits per heavy atom. The molecule has 1 fully saturated rings. The topological polar surface area (TPSA) is 110 Å². The van der Waals surface area contributed by atoms with E-state index in [-0.39, 0.29) is 16.8 Å². The van der Waals surface area contributed by atoms with E-state index >= 15 is 0 Å². The summed E-state index contributed by atoms with van der Waals surface area (Å²) in [7, 11) is 0. The van der Waals surface area contributed by atoms with Crippen molar-refractivity contribution >= 4 is 17.6 Å². The Hall–Kier alpha value is -2.44. The number of hydrogen-bond donors (Lipinski definition) is 2. The van der Waals surface area contributed by atoms with Crippen LogP contribution in [-0.4, -0.2) is 27.9 Å². The lowest BCUT2D eigenvalue weighted by atomic mass is 10.0. The summed E-state index contributed by atoms with van der Waals surface area (Å²) in [6, 6.07) is 3.86. The second-order valence-corrected chi connectivity index (χ2v) is 5.16. The normalized spacial score (nSPS) is 21.0. The number of carbonyl (C=O) groups excluding carboxylic acids is 1. The van der Waals surface area contributed by atoms with Crippen LogP contribution in [0.4, 0.5) is 5.69 Å². The number of nitrogens with one attached hydrogen (secondary N) is 1. The Labute approximate surface area is 121 Å². The fourth-order valence-corrected chi connectivity index (χ4v) is 2.74. The Bertz CT molecular complexity index is 599. The second kappa shape index (κ2) is 5.90. The minimum Gasteiger partial charge on any atom is -0.481 e. The molecular formula is C14H16N2O5. The highest BCUT2D eigenvalue weighted by atomic mass is 16.6. The summed E-state index contributed by atoms with van der Waals surface area (Å²) in [5, 5.41) is 22.7. The number of carboxylic acid groups (broad SMARTS) is 1. The highest BCUT2D eigenvalue weighted by Crippen LogP contribution is 2.27. The molecule has 2 atom stereocenters. The van der Waals surface area contributed by atoms with Gasteiger partial charge in [-0.25, -0.2) is 0 Å². The molecule has 0 aromatic heterocycles. The van der Waals surface area contributed by atoms with Gasteiger partial charge in [-0.05, 0) is 25.8 Å². The van der Waals surface area contributed by atoms with Gasteiger partial charge in [0.2, 0.25) is 0 Å². The average Bonchev–Trinajstić information content (AvgIpc) is 2.86. The van der Waals surface area contributed by atoms with E-state index < -0.39 is 28.8 Å². The van der Waals surface area contributed by atoms with Crippen LogP contribution in [0.1, 0.15) is 35.2 Å². The van der Waals surface area contributed by atoms with Crippen LogP contribution in [0.15, 0.2) is 18.2 Å². The number of aliphatic carboxylic acids is 1. The molecule has 1 aliphatic carbocycles. The number of hydrogen-bond acceptors (Lipinski definition) is 4. The van der Waals surface area contributed by atoms with Crippen molar-refractivity contribution in [3.63, 3.8) is 0 Å². The first-order valence-corrected chi connectivity index (χ1v) is 6.69. The predicted molar refractivity (Wildman–Crippen MR) is 74.1 cm³/mol. The Balaban J connectivity index is 2.19. The largest absolute Gasteiger partial charge is 0.481 e. The molecule has 21 heavy (non-hydrogen) atoms. The molecule has 1 aromatic rings. The molecule has 2 rings (SSSR count). The number of nitrogens with zero attached hydrogens (tertiary/aromatic N) is 1. The minimum atomic E-state index is -0.923. The van der Waals surface area contributed by atoms with Crippen molar-refractivity contribution in [2.24, 2.45) is 5.92 Å². The number of carbonyl (C=O) groups is 2. The molecule has 1 aromatic carbocycles. The molecule has 0 spiro atoms. The van der Waals surface area contributed by atoms with Gasteiger partial charge >= 0.3 is 5.97 Å². The first-order chi connectivity index (χ1) is 9.91. The van der Waals surface area contributed by atoms with Crippen molar-refractivity contribution < 1.29 is 19.6 Å². The highest BCUT2D eigenvalue weighted by Gasteiger charge is 2.34. The lowest BCUT2D eigenvalue weighted by molar-refractivity contribution is -0.385. The van der Waals surface area contributed by atoms with Crippen LogP contribution in [0.2, 0.25) is 0 Å². The molecule has 2 N–H and O–H groups in total. The van der Waals surface area contributed by atoms with E-state index in [1.165, 1.54) is 25.1 Å². The lowest BCUT2D eigenvalue weighted by Crippen LogP contribution is -2.40. The number of nitro benzene ring substituents is 1. The van der Waals surface area contributed by atoms with Crippen molar-refractivity contribution in [1.29, 1.82) is 0 Å². The molecule has 0 aliphatic heterocycles. The predicted octanol–water partition coefficient (Wildman–Crippen LogP) is 1.89. The second-order valence-electron chi connectivity index (χ2n) is 5.16. The van der Waals surface area contributed by atoms with Crippen LogP contribution >= 0.6 is 0 Å². The van der Waals surface area contributed by atoms with Crippen LogP contribution in [-0.2, 0) is 4.79 Å². The SMILES string of the molecule is Cc1c(C(=O)N[C@@H]2CCC[C@@H]2C(=O)O)cccc1[N+](=O)[O-]. The molecule has 1 amide bonds. The fourth-order valence-electron chi connectivity index (χ4n) is 2.74. The zero-order valence-corrected chi connectivity index (χ0v) is 11.5. The molecule has 0 heterocycles. The van der Waals surface area contributed by atoms with E-state index in [1.54, 1.807) is 0 Å². The van der Waals surface area contributed by atoms with Crippen molar-refractivity contribution in [3.05, 3.63) is 39.4 Å². The molecule has 0 bridgehead atoms. The number of carboxylic acids is 1. The summed E-state index contributed by atoms with van der Waals surface area (Å²) in [5.74, 6) is -1.98. The summed E-state index contributed by atoms with van der Waals surface area (Å²) < 4.78 is 0. The molecule has 7 nitrogen and oxygen atoms in total. The number of rotatable bonds is 4. The minimum absolute atomic E-state index is 0.121. The van der Waals surface area contributed by atoms with E-state index in [1.807, 2.05) is 0 Å². The van der Waals surface area contributed by atoms with Gasteiger partial charge in [-0.3, -0.25) is 19.7 Å². The van der Waals surface area contributed by atoms with E-state index in [0.717, 1.165) is 6.42 Å². The molecule has 0 radical (unpaired) electrons. The fraction of sp³-hybridized carbons (Fsp3) is 0.429. The summed E-state index contributed by atoms with van der Waals surface area (Å²) in [6.07, 6.45) is 1.89. The van der Waals surface area contributed by atoms with E-state index in [4.69, 9.17) is 5.11 Å². The van der Waals surface area contributed by atoms with Gasteiger partial charge in [0, 0.05) is 23.2 Å². The third-order valence-corrected chi connectivity index (χ3v) is 3.90. The molecule has 112 valence electrons. The van der Waals surface area contributed by atoms with Gasteiger partial charge in [0.15, 0.2) is 0 Å². The van der Waals surface area contributed by atoms with Gasteiger partial charge in [0.05, 0.1) is 10.8 Å². The first-order valence-electron chi connectivity index (χ1n) is 6.69. The average molecular weight is 292 g/mol. The van der Waals surface area contributed by atoms with Crippen LogP contribution in [0, 0.1) is 23.0 Å². The monoisotopic (exact) mass is 292 g/mol. The summed E-state index contributed by atoms with van der Waals surface area (Å²) in [5.41, 5.74) is 0.369. The highest BCUT2D eigenvalue weighted by molar-refractivity contribution is 5.97. The number of amides is 1. The van der Waals surface area contributed by atoms with E-state index in [0.29, 0.717) is 12.8 Å². The first kappa shape index (κ1) is 15.0. The van der Waals surface area contributed by atoms with Gasteiger partial charge < -0.3 is 10.4 Å². The van der Waals surface area contributed by atoms with Gasteiger partial charge in [-0.1, -0.05) is 12.5 Å². The quantitative estimate of drug-likeness (QED) is 0.650. The molecule has 1 aliphatic rings. The van der Waals surface area contributed by atoms with Gasteiger partial charge in [0.25, 0.3) is 11.6 Å². The summed E-state index contributed by atoms with van der Waals surface area (Å²) in [6.45, 7) is 1.51. The molecule has 7 heteroatoms. The third kappa shape index (κ3) is 3.01. The molecule has 0 saturated heterocycles. The van der Waals surface area contributed by atoms with E-state index in [9.17, 15) is 19.7 Å². The van der Waals surface area contributed by atoms with Crippen LogP contribution in [0.5, 0.6) is 0 Å². The third-order valence-electron chi connectivity index (χ3n) is 3.90. The zero-order valence-electron chi connectivity index (χ0n) is 11.5. The number of nitro groups is 1. The molecule has 1 saturated carbocycles. The zero-order chi connectivity index (χ0) is 15.6. The van der Waals surface area contributed by atoms with Crippen LogP contribution in [0.25, 0.3) is 0 Å².